The van der Waals surface area contributed by atoms with E-state index in [1.807, 2.05) is 0 Å². The number of hydrogen-bond acceptors (Lipinski definition) is 3. The van der Waals surface area contributed by atoms with Crippen molar-refractivity contribution in [3.63, 3.8) is 0 Å². The average Bonchev–Trinajstić information content (AvgIpc) is 3.35. The summed E-state index contributed by atoms with van der Waals surface area (Å²) in [6, 6.07) is 6.94. The van der Waals surface area contributed by atoms with Crippen molar-refractivity contribution in [3.8, 4) is 0 Å². The number of nitrogens with zero attached hydrogens (tertiary/aromatic N) is 2. The molecule has 1 saturated heterocycles. The second-order valence-corrected chi connectivity index (χ2v) is 6.35. The highest BCUT2D eigenvalue weighted by molar-refractivity contribution is 6.30. The van der Waals surface area contributed by atoms with E-state index >= 15 is 0 Å². The Morgan fingerprint density at radius 1 is 1.17 bits per heavy atom. The predicted octanol–water partition coefficient (Wildman–Crippen LogP) is 1.22. The van der Waals surface area contributed by atoms with Gasteiger partial charge in [-0.1, -0.05) is 17.7 Å². The number of halogens is 1. The van der Waals surface area contributed by atoms with Gasteiger partial charge >= 0.3 is 0 Å². The molecular formula is C16H18ClN3O3. The van der Waals surface area contributed by atoms with Crippen molar-refractivity contribution < 1.29 is 14.4 Å². The topological polar surface area (TPSA) is 69.7 Å². The molecule has 3 rings (SSSR count). The molecule has 6 nitrogen and oxygen atoms in total. The van der Waals surface area contributed by atoms with Crippen LogP contribution in [0.15, 0.2) is 24.3 Å². The fraction of sp³-hybridized carbons (Fsp3) is 0.438. The van der Waals surface area contributed by atoms with Crippen molar-refractivity contribution in [1.82, 2.24) is 9.80 Å². The van der Waals surface area contributed by atoms with Crippen LogP contribution in [0.5, 0.6) is 0 Å². The second-order valence-electron chi connectivity index (χ2n) is 5.91. The van der Waals surface area contributed by atoms with Crippen LogP contribution < -0.4 is 5.32 Å². The Bertz CT molecular complexity index is 629. The zero-order valence-corrected chi connectivity index (χ0v) is 13.3. The van der Waals surface area contributed by atoms with Crippen molar-refractivity contribution in [2.24, 2.45) is 11.8 Å². The van der Waals surface area contributed by atoms with Crippen LogP contribution in [0.3, 0.4) is 0 Å². The van der Waals surface area contributed by atoms with Crippen LogP contribution in [0, 0.1) is 11.8 Å². The van der Waals surface area contributed by atoms with Gasteiger partial charge in [-0.3, -0.25) is 14.4 Å². The van der Waals surface area contributed by atoms with Gasteiger partial charge in [0.1, 0.15) is 0 Å². The summed E-state index contributed by atoms with van der Waals surface area (Å²) in [5, 5.41) is 3.35. The van der Waals surface area contributed by atoms with Gasteiger partial charge in [-0.2, -0.15) is 0 Å². The van der Waals surface area contributed by atoms with Crippen LogP contribution in [0.1, 0.15) is 6.42 Å². The summed E-state index contributed by atoms with van der Waals surface area (Å²) >= 11 is 5.89. The van der Waals surface area contributed by atoms with Crippen LogP contribution in [0.2, 0.25) is 5.02 Å². The van der Waals surface area contributed by atoms with Gasteiger partial charge in [0.05, 0.1) is 11.8 Å². The molecule has 1 aliphatic heterocycles. The summed E-state index contributed by atoms with van der Waals surface area (Å²) in [7, 11) is 0. The Labute approximate surface area is 139 Å². The van der Waals surface area contributed by atoms with Gasteiger partial charge in [-0.25, -0.2) is 0 Å². The van der Waals surface area contributed by atoms with Crippen molar-refractivity contribution in [3.05, 3.63) is 29.3 Å². The quantitative estimate of drug-likeness (QED) is 0.841. The first-order valence-corrected chi connectivity index (χ1v) is 8.01. The number of hydrogen-bond donors (Lipinski definition) is 1. The van der Waals surface area contributed by atoms with E-state index in [9.17, 15) is 14.4 Å². The fourth-order valence-corrected chi connectivity index (χ4v) is 3.03. The first-order chi connectivity index (χ1) is 11.1. The van der Waals surface area contributed by atoms with E-state index in [1.165, 1.54) is 0 Å². The normalized spacial score (nSPS) is 23.3. The molecule has 1 N–H and O–H groups in total. The second kappa shape index (κ2) is 6.58. The summed E-state index contributed by atoms with van der Waals surface area (Å²) in [6.07, 6.45) is 1.39. The molecule has 122 valence electrons. The first-order valence-electron chi connectivity index (χ1n) is 7.63. The zero-order chi connectivity index (χ0) is 16.4. The molecule has 2 unspecified atom stereocenters. The SMILES string of the molecule is O=CN1CCN(C(=O)C2CC2C(=O)Nc2cccc(Cl)c2)CC1. The third-order valence-electron chi connectivity index (χ3n) is 4.31. The maximum atomic E-state index is 12.4. The number of amides is 3. The van der Waals surface area contributed by atoms with Gasteiger partial charge < -0.3 is 15.1 Å². The Morgan fingerprint density at radius 3 is 2.57 bits per heavy atom. The van der Waals surface area contributed by atoms with Crippen molar-refractivity contribution in [1.29, 1.82) is 0 Å². The number of rotatable bonds is 4. The van der Waals surface area contributed by atoms with Gasteiger partial charge in [-0.15, -0.1) is 0 Å². The fourth-order valence-electron chi connectivity index (χ4n) is 2.84. The van der Waals surface area contributed by atoms with Crippen molar-refractivity contribution >= 4 is 35.5 Å². The maximum Gasteiger partial charge on any atom is 0.228 e. The molecule has 0 spiro atoms. The predicted molar refractivity (Wildman–Crippen MR) is 85.9 cm³/mol. The molecular weight excluding hydrogens is 318 g/mol. The largest absolute Gasteiger partial charge is 0.342 e. The molecule has 1 aromatic rings. The van der Waals surface area contributed by atoms with E-state index in [0.717, 1.165) is 6.41 Å². The number of piperazine rings is 1. The summed E-state index contributed by atoms with van der Waals surface area (Å²) < 4.78 is 0. The highest BCUT2D eigenvalue weighted by Crippen LogP contribution is 2.41. The van der Waals surface area contributed by atoms with Gasteiger partial charge in [-0.05, 0) is 24.6 Å². The standard InChI is InChI=1S/C16H18ClN3O3/c17-11-2-1-3-12(8-11)18-15(22)13-9-14(13)16(23)20-6-4-19(10-21)5-7-20/h1-3,8,10,13-14H,4-7,9H2,(H,18,22). The smallest absolute Gasteiger partial charge is 0.228 e. The maximum absolute atomic E-state index is 12.4. The van der Waals surface area contributed by atoms with Gasteiger partial charge in [0, 0.05) is 36.9 Å². The molecule has 23 heavy (non-hydrogen) atoms. The Kier molecular flexibility index (Phi) is 4.52. The summed E-state index contributed by atoms with van der Waals surface area (Å²) in [6.45, 7) is 2.19. The van der Waals surface area contributed by atoms with Crippen molar-refractivity contribution in [2.45, 2.75) is 6.42 Å². The van der Waals surface area contributed by atoms with E-state index in [4.69, 9.17) is 11.6 Å². The lowest BCUT2D eigenvalue weighted by molar-refractivity contribution is -0.137. The first kappa shape index (κ1) is 15.8. The zero-order valence-electron chi connectivity index (χ0n) is 12.6. The van der Waals surface area contributed by atoms with Gasteiger partial charge in [0.25, 0.3) is 0 Å². The number of anilines is 1. The molecule has 0 bridgehead atoms. The molecule has 0 aromatic heterocycles. The highest BCUT2D eigenvalue weighted by Gasteiger charge is 2.49. The van der Waals surface area contributed by atoms with Crippen LogP contribution in [-0.4, -0.2) is 54.2 Å². The summed E-state index contributed by atoms with van der Waals surface area (Å²) in [4.78, 5) is 38.7. The number of carbonyl (C=O) groups excluding carboxylic acids is 3. The number of nitrogens with one attached hydrogen (secondary N) is 1. The molecule has 1 aliphatic carbocycles. The molecule has 3 amide bonds. The van der Waals surface area contributed by atoms with E-state index in [-0.39, 0.29) is 23.7 Å². The molecule has 1 heterocycles. The lowest BCUT2D eigenvalue weighted by Crippen LogP contribution is -2.48. The Morgan fingerprint density at radius 2 is 1.91 bits per heavy atom. The molecule has 2 aliphatic rings. The van der Waals surface area contributed by atoms with E-state index in [0.29, 0.717) is 43.3 Å². The minimum Gasteiger partial charge on any atom is -0.342 e. The van der Waals surface area contributed by atoms with E-state index in [2.05, 4.69) is 5.32 Å². The molecule has 2 fully saturated rings. The average molecular weight is 336 g/mol. The molecule has 2 atom stereocenters. The molecule has 1 aromatic carbocycles. The lowest BCUT2D eigenvalue weighted by Gasteiger charge is -2.32. The van der Waals surface area contributed by atoms with E-state index in [1.54, 1.807) is 34.1 Å². The monoisotopic (exact) mass is 335 g/mol. The highest BCUT2D eigenvalue weighted by atomic mass is 35.5. The molecule has 7 heteroatoms. The lowest BCUT2D eigenvalue weighted by atomic mass is 10.2. The van der Waals surface area contributed by atoms with Crippen LogP contribution >= 0.6 is 11.6 Å². The minimum atomic E-state index is -0.273. The minimum absolute atomic E-state index is 0.0155. The van der Waals surface area contributed by atoms with Gasteiger partial charge in [0.2, 0.25) is 18.2 Å². The Hall–Kier alpha value is -2.08. The Balaban J connectivity index is 1.51. The van der Waals surface area contributed by atoms with Crippen LogP contribution in [0.25, 0.3) is 0 Å². The number of benzene rings is 1. The molecule has 1 saturated carbocycles. The summed E-state index contributed by atoms with van der Waals surface area (Å²) in [5.74, 6) is -0.638. The molecule has 0 radical (unpaired) electrons. The van der Waals surface area contributed by atoms with Crippen LogP contribution in [-0.2, 0) is 14.4 Å². The number of carbonyl (C=O) groups is 3. The summed E-state index contributed by atoms with van der Waals surface area (Å²) in [5.41, 5.74) is 0.639. The van der Waals surface area contributed by atoms with Crippen LogP contribution in [0.4, 0.5) is 5.69 Å². The third kappa shape index (κ3) is 3.64. The van der Waals surface area contributed by atoms with E-state index < -0.39 is 0 Å². The van der Waals surface area contributed by atoms with Gasteiger partial charge in [0.15, 0.2) is 0 Å². The van der Waals surface area contributed by atoms with Crippen molar-refractivity contribution in [2.75, 3.05) is 31.5 Å². The third-order valence-corrected chi connectivity index (χ3v) is 4.55.